The number of hydrogen-bond acceptors (Lipinski definition) is 2. The van der Waals surface area contributed by atoms with E-state index in [0.717, 1.165) is 23.9 Å². The van der Waals surface area contributed by atoms with Crippen LogP contribution < -0.4 is 11.3 Å². The number of aliphatic imine (C=N–C) groups is 1. The van der Waals surface area contributed by atoms with E-state index in [4.69, 9.17) is 5.84 Å². The Hall–Kier alpha value is -1.35. The molecule has 3 N–H and O–H groups in total. The zero-order chi connectivity index (χ0) is 11.9. The van der Waals surface area contributed by atoms with Gasteiger partial charge in [-0.3, -0.25) is 0 Å². The smallest absolute Gasteiger partial charge is 0.116 e. The van der Waals surface area contributed by atoms with Crippen molar-refractivity contribution in [3.05, 3.63) is 30.3 Å². The molecule has 0 atom stereocenters. The van der Waals surface area contributed by atoms with E-state index in [1.807, 2.05) is 30.3 Å². The lowest BCUT2D eigenvalue weighted by Crippen LogP contribution is -2.32. The Balaban J connectivity index is 1.98. The maximum atomic E-state index is 5.56. The number of nitrogens with two attached hydrogens (primary N) is 1. The second-order valence-electron chi connectivity index (χ2n) is 4.75. The van der Waals surface area contributed by atoms with Crippen molar-refractivity contribution in [2.24, 2.45) is 16.8 Å². The molecule has 2 rings (SSSR count). The number of amidine groups is 1. The van der Waals surface area contributed by atoms with Crippen molar-refractivity contribution < 1.29 is 0 Å². The van der Waals surface area contributed by atoms with Crippen LogP contribution in [0.25, 0.3) is 0 Å². The molecule has 1 aliphatic carbocycles. The van der Waals surface area contributed by atoms with Crippen LogP contribution in [0.5, 0.6) is 0 Å². The summed E-state index contributed by atoms with van der Waals surface area (Å²) in [5.74, 6) is 7.21. The minimum absolute atomic E-state index is 0.752. The third-order valence-corrected chi connectivity index (χ3v) is 3.39. The molecule has 0 aromatic heterocycles. The number of para-hydroxylation sites is 1. The molecule has 92 valence electrons. The van der Waals surface area contributed by atoms with E-state index < -0.39 is 0 Å². The monoisotopic (exact) mass is 231 g/mol. The fourth-order valence-corrected chi connectivity index (χ4v) is 2.46. The van der Waals surface area contributed by atoms with Gasteiger partial charge in [-0.1, -0.05) is 50.3 Å². The Morgan fingerprint density at radius 3 is 2.53 bits per heavy atom. The molecule has 1 aliphatic rings. The molecule has 0 unspecified atom stereocenters. The van der Waals surface area contributed by atoms with Crippen molar-refractivity contribution >= 4 is 11.5 Å². The van der Waals surface area contributed by atoms with E-state index >= 15 is 0 Å². The molecule has 0 heterocycles. The minimum atomic E-state index is 0.752. The zero-order valence-electron chi connectivity index (χ0n) is 10.2. The lowest BCUT2D eigenvalue weighted by Gasteiger charge is -2.21. The van der Waals surface area contributed by atoms with Crippen molar-refractivity contribution in [1.29, 1.82) is 0 Å². The van der Waals surface area contributed by atoms with Crippen LogP contribution in [0, 0.1) is 5.92 Å². The third kappa shape index (κ3) is 3.86. The number of nitrogens with one attached hydrogen (secondary N) is 1. The topological polar surface area (TPSA) is 50.4 Å². The van der Waals surface area contributed by atoms with Crippen LogP contribution in [0.15, 0.2) is 35.3 Å². The number of hydrogen-bond donors (Lipinski definition) is 2. The zero-order valence-corrected chi connectivity index (χ0v) is 10.2. The standard InChI is InChI=1S/C14H21N3/c15-17-14(11-12-7-3-1-4-8-12)16-13-9-5-2-6-10-13/h2,5-6,9-10,12H,1,3-4,7-8,11,15H2,(H,16,17). The molecular weight excluding hydrogens is 210 g/mol. The molecule has 3 nitrogen and oxygen atoms in total. The summed E-state index contributed by atoms with van der Waals surface area (Å²) in [4.78, 5) is 4.55. The molecule has 0 bridgehead atoms. The highest BCUT2D eigenvalue weighted by molar-refractivity contribution is 5.84. The summed E-state index contributed by atoms with van der Waals surface area (Å²) >= 11 is 0. The van der Waals surface area contributed by atoms with E-state index in [9.17, 15) is 0 Å². The van der Waals surface area contributed by atoms with E-state index in [2.05, 4.69) is 10.4 Å². The van der Waals surface area contributed by atoms with Crippen LogP contribution >= 0.6 is 0 Å². The van der Waals surface area contributed by atoms with Crippen molar-refractivity contribution in [2.45, 2.75) is 38.5 Å². The SMILES string of the molecule is NNC(CC1CCCCC1)=Nc1ccccc1. The van der Waals surface area contributed by atoms with Gasteiger partial charge < -0.3 is 5.43 Å². The fourth-order valence-electron chi connectivity index (χ4n) is 2.46. The quantitative estimate of drug-likeness (QED) is 0.363. The van der Waals surface area contributed by atoms with Crippen LogP contribution in [0.3, 0.4) is 0 Å². The van der Waals surface area contributed by atoms with Crippen LogP contribution in [0.4, 0.5) is 5.69 Å². The highest BCUT2D eigenvalue weighted by Crippen LogP contribution is 2.26. The van der Waals surface area contributed by atoms with Gasteiger partial charge in [0.15, 0.2) is 0 Å². The van der Waals surface area contributed by atoms with Gasteiger partial charge >= 0.3 is 0 Å². The summed E-state index contributed by atoms with van der Waals surface area (Å²) in [6, 6.07) is 9.98. The fraction of sp³-hybridized carbons (Fsp3) is 0.500. The van der Waals surface area contributed by atoms with Gasteiger partial charge in [-0.2, -0.15) is 0 Å². The predicted octanol–water partition coefficient (Wildman–Crippen LogP) is 3.15. The Kier molecular flexibility index (Phi) is 4.56. The summed E-state index contributed by atoms with van der Waals surface area (Å²) in [5.41, 5.74) is 3.72. The van der Waals surface area contributed by atoms with E-state index in [1.165, 1.54) is 32.1 Å². The van der Waals surface area contributed by atoms with Gasteiger partial charge in [-0.05, 0) is 18.1 Å². The molecule has 1 aromatic carbocycles. The highest BCUT2D eigenvalue weighted by Gasteiger charge is 2.15. The first-order valence-corrected chi connectivity index (χ1v) is 6.47. The van der Waals surface area contributed by atoms with Gasteiger partial charge in [0.05, 0.1) is 5.69 Å². The van der Waals surface area contributed by atoms with E-state index in [1.54, 1.807) is 0 Å². The van der Waals surface area contributed by atoms with Crippen LogP contribution in [-0.4, -0.2) is 5.84 Å². The number of nitrogens with zero attached hydrogens (tertiary/aromatic N) is 1. The summed E-state index contributed by atoms with van der Waals surface area (Å²) in [5, 5.41) is 0. The maximum absolute atomic E-state index is 5.56. The molecule has 1 saturated carbocycles. The van der Waals surface area contributed by atoms with Crippen molar-refractivity contribution in [3.63, 3.8) is 0 Å². The van der Waals surface area contributed by atoms with Crippen LogP contribution in [0.1, 0.15) is 38.5 Å². The largest absolute Gasteiger partial charge is 0.312 e. The van der Waals surface area contributed by atoms with Crippen molar-refractivity contribution in [2.75, 3.05) is 0 Å². The van der Waals surface area contributed by atoms with Gasteiger partial charge in [0.25, 0.3) is 0 Å². The first-order chi connectivity index (χ1) is 8.38. The lowest BCUT2D eigenvalue weighted by molar-refractivity contribution is 0.366. The maximum Gasteiger partial charge on any atom is 0.116 e. The Morgan fingerprint density at radius 1 is 1.18 bits per heavy atom. The molecule has 0 saturated heterocycles. The highest BCUT2D eigenvalue weighted by atomic mass is 15.2. The molecule has 3 heteroatoms. The Labute approximate surface area is 103 Å². The molecule has 1 fully saturated rings. The van der Waals surface area contributed by atoms with E-state index in [-0.39, 0.29) is 0 Å². The molecule has 0 radical (unpaired) electrons. The van der Waals surface area contributed by atoms with Crippen LogP contribution in [-0.2, 0) is 0 Å². The summed E-state index contributed by atoms with van der Waals surface area (Å²) in [7, 11) is 0. The Bertz CT molecular complexity index is 353. The lowest BCUT2D eigenvalue weighted by atomic mass is 9.87. The summed E-state index contributed by atoms with van der Waals surface area (Å²) in [6.45, 7) is 0. The summed E-state index contributed by atoms with van der Waals surface area (Å²) in [6.07, 6.45) is 7.70. The first-order valence-electron chi connectivity index (χ1n) is 6.47. The van der Waals surface area contributed by atoms with Crippen molar-refractivity contribution in [1.82, 2.24) is 5.43 Å². The van der Waals surface area contributed by atoms with Gasteiger partial charge in [0.1, 0.15) is 5.84 Å². The van der Waals surface area contributed by atoms with Gasteiger partial charge in [0.2, 0.25) is 0 Å². The van der Waals surface area contributed by atoms with Gasteiger partial charge in [-0.15, -0.1) is 0 Å². The van der Waals surface area contributed by atoms with Crippen molar-refractivity contribution in [3.8, 4) is 0 Å². The Morgan fingerprint density at radius 2 is 1.88 bits per heavy atom. The molecule has 0 spiro atoms. The minimum Gasteiger partial charge on any atom is -0.312 e. The normalized spacial score (nSPS) is 18.1. The molecule has 0 amide bonds. The molecule has 1 aromatic rings. The van der Waals surface area contributed by atoms with Gasteiger partial charge in [0, 0.05) is 6.42 Å². The number of hydrazine groups is 1. The first kappa shape index (κ1) is 12.1. The molecular formula is C14H21N3. The number of benzene rings is 1. The van der Waals surface area contributed by atoms with E-state index in [0.29, 0.717) is 0 Å². The van der Waals surface area contributed by atoms with Crippen LogP contribution in [0.2, 0.25) is 0 Å². The summed E-state index contributed by atoms with van der Waals surface area (Å²) < 4.78 is 0. The second-order valence-corrected chi connectivity index (χ2v) is 4.75. The third-order valence-electron chi connectivity index (χ3n) is 3.39. The second kappa shape index (κ2) is 6.40. The average Bonchev–Trinajstić information content (AvgIpc) is 2.40. The number of rotatable bonds is 3. The predicted molar refractivity (Wildman–Crippen MR) is 72.1 cm³/mol. The molecule has 17 heavy (non-hydrogen) atoms. The molecule has 0 aliphatic heterocycles. The van der Waals surface area contributed by atoms with Gasteiger partial charge in [-0.25, -0.2) is 10.8 Å². The average molecular weight is 231 g/mol.